The number of halogens is 4. The quantitative estimate of drug-likeness (QED) is 0.364. The van der Waals surface area contributed by atoms with E-state index in [0.717, 1.165) is 14.1 Å². The van der Waals surface area contributed by atoms with E-state index in [-0.39, 0.29) is 6.54 Å². The molecule has 10 heteroatoms. The fraction of sp³-hybridized carbons (Fsp3) is 0.200. The Labute approximate surface area is 142 Å². The monoisotopic (exact) mass is 377 g/mol. The number of hydrogen-bond acceptors (Lipinski definition) is 4. The van der Waals surface area contributed by atoms with Crippen LogP contribution in [0.3, 0.4) is 0 Å². The van der Waals surface area contributed by atoms with Crippen molar-refractivity contribution >= 4 is 21.4 Å². The van der Waals surface area contributed by atoms with E-state index in [4.69, 9.17) is 5.73 Å². The summed E-state index contributed by atoms with van der Waals surface area (Å²) >= 11 is 0. The van der Waals surface area contributed by atoms with Crippen LogP contribution in [0.5, 0.6) is 0 Å². The first-order valence-corrected chi connectivity index (χ1v) is 8.38. The van der Waals surface area contributed by atoms with E-state index in [1.807, 2.05) is 0 Å². The highest BCUT2D eigenvalue weighted by atomic mass is 32.2. The summed E-state index contributed by atoms with van der Waals surface area (Å²) < 4.78 is 80.3. The summed E-state index contributed by atoms with van der Waals surface area (Å²) in [6.07, 6.45) is 0. The summed E-state index contributed by atoms with van der Waals surface area (Å²) in [7, 11) is -2.48. The number of sulfonamides is 1. The van der Waals surface area contributed by atoms with Crippen LogP contribution in [-0.2, 0) is 16.6 Å². The van der Waals surface area contributed by atoms with Crippen LogP contribution in [-0.4, -0.2) is 26.8 Å². The van der Waals surface area contributed by atoms with Gasteiger partial charge in [0, 0.05) is 26.3 Å². The summed E-state index contributed by atoms with van der Waals surface area (Å²) in [6, 6.07) is 6.18. The number of nitrogens with one attached hydrogen (secondary N) is 1. The molecule has 2 aromatic carbocycles. The molecule has 0 radical (unpaired) electrons. The van der Waals surface area contributed by atoms with E-state index < -0.39 is 43.9 Å². The molecule has 2 rings (SSSR count). The van der Waals surface area contributed by atoms with E-state index in [1.54, 1.807) is 12.1 Å². The SMILES string of the molecule is CN(C)S(=O)(=O)c1c(F)c(F)c(F)c(F)c1NCc1ccc(N)cc1. The molecule has 0 atom stereocenters. The Bertz CT molecular complexity index is 900. The zero-order valence-corrected chi connectivity index (χ0v) is 14.1. The highest BCUT2D eigenvalue weighted by Crippen LogP contribution is 2.33. The molecule has 0 heterocycles. The van der Waals surface area contributed by atoms with Crippen molar-refractivity contribution in [3.8, 4) is 0 Å². The Morgan fingerprint density at radius 3 is 2.00 bits per heavy atom. The summed E-state index contributed by atoms with van der Waals surface area (Å²) in [5.74, 6) is -8.12. The zero-order valence-electron chi connectivity index (χ0n) is 13.3. The van der Waals surface area contributed by atoms with Gasteiger partial charge in [0.05, 0.1) is 5.69 Å². The Morgan fingerprint density at radius 2 is 1.48 bits per heavy atom. The van der Waals surface area contributed by atoms with Gasteiger partial charge in [-0.15, -0.1) is 0 Å². The molecule has 136 valence electrons. The number of anilines is 2. The van der Waals surface area contributed by atoms with Crippen LogP contribution in [0, 0.1) is 23.3 Å². The Balaban J connectivity index is 2.57. The lowest BCUT2D eigenvalue weighted by Crippen LogP contribution is -2.26. The molecule has 2 aromatic rings. The van der Waals surface area contributed by atoms with Gasteiger partial charge in [-0.05, 0) is 17.7 Å². The molecule has 0 saturated heterocycles. The van der Waals surface area contributed by atoms with Gasteiger partial charge in [-0.25, -0.2) is 30.3 Å². The molecule has 0 aromatic heterocycles. The van der Waals surface area contributed by atoms with Crippen LogP contribution >= 0.6 is 0 Å². The smallest absolute Gasteiger partial charge is 0.247 e. The summed E-state index contributed by atoms with van der Waals surface area (Å²) in [5, 5.41) is 2.32. The van der Waals surface area contributed by atoms with Gasteiger partial charge < -0.3 is 11.1 Å². The minimum atomic E-state index is -4.58. The summed E-state index contributed by atoms with van der Waals surface area (Å²) in [5.41, 5.74) is 5.54. The third kappa shape index (κ3) is 3.54. The molecule has 0 aliphatic rings. The lowest BCUT2D eigenvalue weighted by Gasteiger charge is -2.18. The Hall–Kier alpha value is -2.33. The molecule has 0 fully saturated rings. The van der Waals surface area contributed by atoms with Crippen molar-refractivity contribution in [2.75, 3.05) is 25.1 Å². The molecule has 0 spiro atoms. The molecule has 0 aliphatic carbocycles. The predicted octanol–water partition coefficient (Wildman–Crippen LogP) is 2.69. The van der Waals surface area contributed by atoms with Crippen LogP contribution in [0.2, 0.25) is 0 Å². The first kappa shape index (κ1) is 19.0. The molecule has 3 N–H and O–H groups in total. The van der Waals surface area contributed by atoms with E-state index in [9.17, 15) is 26.0 Å². The molecule has 0 aliphatic heterocycles. The van der Waals surface area contributed by atoms with E-state index in [0.29, 0.717) is 15.6 Å². The lowest BCUT2D eigenvalue weighted by atomic mass is 10.2. The maximum absolute atomic E-state index is 14.1. The normalized spacial score (nSPS) is 11.8. The molecule has 25 heavy (non-hydrogen) atoms. The molecule has 0 amide bonds. The Kier molecular flexibility index (Phi) is 5.23. The summed E-state index contributed by atoms with van der Waals surface area (Å²) in [4.78, 5) is -1.30. The maximum Gasteiger partial charge on any atom is 0.247 e. The highest BCUT2D eigenvalue weighted by Gasteiger charge is 2.34. The van der Waals surface area contributed by atoms with Crippen molar-refractivity contribution in [2.45, 2.75) is 11.4 Å². The number of nitrogen functional groups attached to an aromatic ring is 1. The van der Waals surface area contributed by atoms with Crippen LogP contribution < -0.4 is 11.1 Å². The molecule has 0 unspecified atom stereocenters. The predicted molar refractivity (Wildman–Crippen MR) is 85.3 cm³/mol. The van der Waals surface area contributed by atoms with Gasteiger partial charge in [0.25, 0.3) is 0 Å². The maximum atomic E-state index is 14.1. The highest BCUT2D eigenvalue weighted by molar-refractivity contribution is 7.89. The van der Waals surface area contributed by atoms with Crippen molar-refractivity contribution < 1.29 is 26.0 Å². The third-order valence-electron chi connectivity index (χ3n) is 3.41. The second-order valence-corrected chi connectivity index (χ2v) is 7.43. The molecule has 0 saturated carbocycles. The second kappa shape index (κ2) is 6.89. The third-order valence-corrected chi connectivity index (χ3v) is 5.27. The van der Waals surface area contributed by atoms with Gasteiger partial charge in [0.1, 0.15) is 4.90 Å². The molecular weight excluding hydrogens is 362 g/mol. The number of benzene rings is 2. The van der Waals surface area contributed by atoms with Gasteiger partial charge in [0.2, 0.25) is 10.0 Å². The molecule has 0 bridgehead atoms. The fourth-order valence-electron chi connectivity index (χ4n) is 2.02. The van der Waals surface area contributed by atoms with Crippen LogP contribution in [0.25, 0.3) is 0 Å². The van der Waals surface area contributed by atoms with Gasteiger partial charge in [-0.3, -0.25) is 0 Å². The number of nitrogens with two attached hydrogens (primary N) is 1. The van der Waals surface area contributed by atoms with Crippen molar-refractivity contribution in [3.05, 3.63) is 53.1 Å². The van der Waals surface area contributed by atoms with E-state index in [2.05, 4.69) is 5.32 Å². The topological polar surface area (TPSA) is 75.4 Å². The van der Waals surface area contributed by atoms with Crippen molar-refractivity contribution in [3.63, 3.8) is 0 Å². The summed E-state index contributed by atoms with van der Waals surface area (Å²) in [6.45, 7) is -0.169. The number of hydrogen-bond donors (Lipinski definition) is 2. The molecular formula is C15H15F4N3O2S. The van der Waals surface area contributed by atoms with E-state index in [1.165, 1.54) is 12.1 Å². The van der Waals surface area contributed by atoms with Crippen molar-refractivity contribution in [1.82, 2.24) is 4.31 Å². The number of rotatable bonds is 5. The van der Waals surface area contributed by atoms with Crippen molar-refractivity contribution in [1.29, 1.82) is 0 Å². The average Bonchev–Trinajstić information content (AvgIpc) is 2.56. The first-order chi connectivity index (χ1) is 11.6. The van der Waals surface area contributed by atoms with Gasteiger partial charge >= 0.3 is 0 Å². The largest absolute Gasteiger partial charge is 0.399 e. The van der Waals surface area contributed by atoms with Crippen molar-refractivity contribution in [2.24, 2.45) is 0 Å². The molecule has 5 nitrogen and oxygen atoms in total. The lowest BCUT2D eigenvalue weighted by molar-refractivity contribution is 0.396. The minimum absolute atomic E-state index is 0.169. The Morgan fingerprint density at radius 1 is 0.960 bits per heavy atom. The standard InChI is InChI=1S/C15H15F4N3O2S/c1-22(2)25(23,24)15-13(19)11(17)10(16)12(18)14(15)21-7-8-3-5-9(20)6-4-8/h3-6,21H,7,20H2,1-2H3. The second-order valence-electron chi connectivity index (χ2n) is 5.34. The van der Waals surface area contributed by atoms with Gasteiger partial charge in [-0.2, -0.15) is 0 Å². The number of nitrogens with zero attached hydrogens (tertiary/aromatic N) is 1. The van der Waals surface area contributed by atoms with Crippen LogP contribution in [0.4, 0.5) is 28.9 Å². The first-order valence-electron chi connectivity index (χ1n) is 6.94. The van der Waals surface area contributed by atoms with Gasteiger partial charge in [0.15, 0.2) is 23.3 Å². The zero-order chi connectivity index (χ0) is 18.9. The minimum Gasteiger partial charge on any atom is -0.399 e. The van der Waals surface area contributed by atoms with Gasteiger partial charge in [-0.1, -0.05) is 12.1 Å². The van der Waals surface area contributed by atoms with Crippen LogP contribution in [0.1, 0.15) is 5.56 Å². The van der Waals surface area contributed by atoms with Crippen LogP contribution in [0.15, 0.2) is 29.2 Å². The van der Waals surface area contributed by atoms with E-state index >= 15 is 0 Å². The average molecular weight is 377 g/mol. The fourth-order valence-corrected chi connectivity index (χ4v) is 3.12.